The van der Waals surface area contributed by atoms with Gasteiger partial charge in [0.05, 0.1) is 12.8 Å². The minimum Gasteiger partial charge on any atom is -0.497 e. The van der Waals surface area contributed by atoms with Gasteiger partial charge in [0.2, 0.25) is 0 Å². The number of methoxy groups -OCH3 is 1. The number of amides is 1. The highest BCUT2D eigenvalue weighted by Gasteiger charge is 2.42. The largest absolute Gasteiger partial charge is 0.497 e. The van der Waals surface area contributed by atoms with Gasteiger partial charge in [-0.3, -0.25) is 4.79 Å². The van der Waals surface area contributed by atoms with E-state index in [0.29, 0.717) is 30.3 Å². The third-order valence-corrected chi connectivity index (χ3v) is 6.00. The summed E-state index contributed by atoms with van der Waals surface area (Å²) in [5.41, 5.74) is 2.14. The zero-order valence-corrected chi connectivity index (χ0v) is 14.5. The Hall–Kier alpha value is -1.95. The van der Waals surface area contributed by atoms with E-state index in [0.717, 1.165) is 29.9 Å². The van der Waals surface area contributed by atoms with Crippen molar-refractivity contribution < 1.29 is 9.53 Å². The molecule has 2 atom stereocenters. The van der Waals surface area contributed by atoms with E-state index < -0.39 is 0 Å². The van der Waals surface area contributed by atoms with Crippen LogP contribution < -0.4 is 0 Å². The summed E-state index contributed by atoms with van der Waals surface area (Å²) in [7, 11) is 5.76. The Morgan fingerprint density at radius 2 is 2.00 bits per heavy atom. The van der Waals surface area contributed by atoms with Crippen LogP contribution in [0, 0.1) is 0 Å². The van der Waals surface area contributed by atoms with Crippen LogP contribution in [-0.4, -0.2) is 66.5 Å². The molecule has 6 nitrogen and oxygen atoms in total. The minimum atomic E-state index is -0.0219. The SMILES string of the molecule is COC1=CCC2=NN=C(C(=O)N(C)C3CC4CCC(C3)N4C)C2=C1. The maximum absolute atomic E-state index is 13.0. The molecule has 4 aliphatic rings. The monoisotopic (exact) mass is 328 g/mol. The molecule has 4 rings (SSSR count). The fourth-order valence-electron chi connectivity index (χ4n) is 4.39. The number of piperidine rings is 1. The molecular formula is C18H24N4O2. The van der Waals surface area contributed by atoms with Crippen LogP contribution in [0.5, 0.6) is 0 Å². The number of allylic oxidation sites excluding steroid dienone is 2. The van der Waals surface area contributed by atoms with Gasteiger partial charge in [-0.2, -0.15) is 5.10 Å². The summed E-state index contributed by atoms with van der Waals surface area (Å²) in [6, 6.07) is 1.51. The van der Waals surface area contributed by atoms with Crippen molar-refractivity contribution in [1.82, 2.24) is 9.80 Å². The number of ether oxygens (including phenoxy) is 1. The Balaban J connectivity index is 1.50. The Kier molecular flexibility index (Phi) is 3.79. The van der Waals surface area contributed by atoms with Crippen molar-refractivity contribution in [3.8, 4) is 0 Å². The summed E-state index contributed by atoms with van der Waals surface area (Å²) in [6.45, 7) is 0. The van der Waals surface area contributed by atoms with Crippen LogP contribution in [0.3, 0.4) is 0 Å². The Bertz CT molecular complexity index is 677. The second kappa shape index (κ2) is 5.84. The molecule has 3 heterocycles. The van der Waals surface area contributed by atoms with Crippen molar-refractivity contribution in [2.75, 3.05) is 21.2 Å². The van der Waals surface area contributed by atoms with Crippen molar-refractivity contribution >= 4 is 17.3 Å². The molecule has 128 valence electrons. The number of rotatable bonds is 3. The molecular weight excluding hydrogens is 304 g/mol. The Morgan fingerprint density at radius 1 is 1.29 bits per heavy atom. The van der Waals surface area contributed by atoms with Crippen LogP contribution in [0.2, 0.25) is 0 Å². The highest BCUT2D eigenvalue weighted by atomic mass is 16.5. The van der Waals surface area contributed by atoms with Crippen molar-refractivity contribution in [3.05, 3.63) is 23.5 Å². The van der Waals surface area contributed by atoms with E-state index in [2.05, 4.69) is 22.2 Å². The molecule has 0 aromatic heterocycles. The van der Waals surface area contributed by atoms with Gasteiger partial charge in [-0.05, 0) is 44.9 Å². The van der Waals surface area contributed by atoms with E-state index >= 15 is 0 Å². The van der Waals surface area contributed by atoms with Crippen molar-refractivity contribution in [3.63, 3.8) is 0 Å². The van der Waals surface area contributed by atoms with Crippen LogP contribution in [-0.2, 0) is 9.53 Å². The molecule has 0 aromatic rings. The van der Waals surface area contributed by atoms with Crippen molar-refractivity contribution in [2.24, 2.45) is 10.2 Å². The molecule has 6 heteroatoms. The van der Waals surface area contributed by atoms with Gasteiger partial charge in [-0.1, -0.05) is 0 Å². The third kappa shape index (κ3) is 2.40. The van der Waals surface area contributed by atoms with Crippen molar-refractivity contribution in [2.45, 2.75) is 50.2 Å². The standard InChI is InChI=1S/C18H24N4O2/c1-21-11-4-5-12(21)9-13(8-11)22(2)18(23)17-15-10-14(24-3)6-7-16(15)19-20-17/h6,10-13H,4-5,7-9H2,1-3H3. The summed E-state index contributed by atoms with van der Waals surface area (Å²) >= 11 is 0. The molecule has 24 heavy (non-hydrogen) atoms. The maximum atomic E-state index is 13.0. The number of hydrogen-bond donors (Lipinski definition) is 0. The van der Waals surface area contributed by atoms with Crippen LogP contribution in [0.25, 0.3) is 0 Å². The smallest absolute Gasteiger partial charge is 0.275 e. The quantitative estimate of drug-likeness (QED) is 0.793. The molecule has 1 aliphatic carbocycles. The van der Waals surface area contributed by atoms with E-state index in [-0.39, 0.29) is 5.91 Å². The molecule has 2 saturated heterocycles. The first-order valence-electron chi connectivity index (χ1n) is 8.68. The molecule has 0 spiro atoms. The lowest BCUT2D eigenvalue weighted by Crippen LogP contribution is -2.51. The predicted octanol–water partition coefficient (Wildman–Crippen LogP) is 1.74. The van der Waals surface area contributed by atoms with Gasteiger partial charge in [0.1, 0.15) is 5.76 Å². The summed E-state index contributed by atoms with van der Waals surface area (Å²) < 4.78 is 5.30. The van der Waals surface area contributed by atoms with E-state index in [1.165, 1.54) is 12.8 Å². The first-order valence-corrected chi connectivity index (χ1v) is 8.68. The van der Waals surface area contributed by atoms with Crippen LogP contribution in [0.1, 0.15) is 32.1 Å². The van der Waals surface area contributed by atoms with Crippen molar-refractivity contribution in [1.29, 1.82) is 0 Å². The second-order valence-corrected chi connectivity index (χ2v) is 7.16. The normalized spacial score (nSPS) is 31.7. The predicted molar refractivity (Wildman–Crippen MR) is 93.0 cm³/mol. The fraction of sp³-hybridized carbons (Fsp3) is 0.611. The summed E-state index contributed by atoms with van der Waals surface area (Å²) in [5.74, 6) is 0.748. The molecule has 0 radical (unpaired) electrons. The van der Waals surface area contributed by atoms with E-state index in [1.807, 2.05) is 24.1 Å². The number of nitrogens with zero attached hydrogens (tertiary/aromatic N) is 4. The molecule has 0 saturated carbocycles. The number of carbonyl (C=O) groups is 1. The first-order chi connectivity index (χ1) is 11.6. The molecule has 3 aliphatic heterocycles. The Morgan fingerprint density at radius 3 is 2.67 bits per heavy atom. The van der Waals surface area contributed by atoms with Crippen LogP contribution >= 0.6 is 0 Å². The van der Waals surface area contributed by atoms with Gasteiger partial charge in [-0.25, -0.2) is 0 Å². The lowest BCUT2D eigenvalue weighted by Gasteiger charge is -2.40. The highest BCUT2D eigenvalue weighted by molar-refractivity contribution is 6.53. The molecule has 0 aromatic carbocycles. The summed E-state index contributed by atoms with van der Waals surface area (Å²) in [5, 5.41) is 8.37. The number of carbonyl (C=O) groups excluding carboxylic acids is 1. The molecule has 1 amide bonds. The van der Waals surface area contributed by atoms with Gasteiger partial charge in [-0.15, -0.1) is 5.10 Å². The van der Waals surface area contributed by atoms with Gasteiger partial charge >= 0.3 is 0 Å². The van der Waals surface area contributed by atoms with E-state index in [9.17, 15) is 4.79 Å². The number of hydrogen-bond acceptors (Lipinski definition) is 5. The summed E-state index contributed by atoms with van der Waals surface area (Å²) in [6.07, 6.45) is 9.11. The molecule has 0 N–H and O–H groups in total. The van der Waals surface area contributed by atoms with Crippen LogP contribution in [0.4, 0.5) is 0 Å². The van der Waals surface area contributed by atoms with Gasteiger partial charge in [0.25, 0.3) is 5.91 Å². The lowest BCUT2D eigenvalue weighted by molar-refractivity contribution is -0.126. The minimum absolute atomic E-state index is 0.0219. The first kappa shape index (κ1) is 15.6. The van der Waals surface area contributed by atoms with E-state index in [1.54, 1.807) is 7.11 Å². The zero-order chi connectivity index (χ0) is 16.8. The third-order valence-electron chi connectivity index (χ3n) is 6.00. The summed E-state index contributed by atoms with van der Waals surface area (Å²) in [4.78, 5) is 17.4. The molecule has 2 unspecified atom stereocenters. The van der Waals surface area contributed by atoms with E-state index in [4.69, 9.17) is 4.74 Å². The lowest BCUT2D eigenvalue weighted by atomic mass is 9.94. The average molecular weight is 328 g/mol. The van der Waals surface area contributed by atoms with Crippen LogP contribution in [0.15, 0.2) is 33.7 Å². The maximum Gasteiger partial charge on any atom is 0.275 e. The Labute approximate surface area is 142 Å². The molecule has 2 bridgehead atoms. The van der Waals surface area contributed by atoms with Gasteiger partial charge in [0.15, 0.2) is 5.71 Å². The number of fused-ring (bicyclic) bond motifs is 3. The van der Waals surface area contributed by atoms with Gasteiger partial charge in [0, 0.05) is 37.2 Å². The second-order valence-electron chi connectivity index (χ2n) is 7.16. The molecule has 2 fully saturated rings. The fourth-order valence-corrected chi connectivity index (χ4v) is 4.39. The zero-order valence-electron chi connectivity index (χ0n) is 14.5. The topological polar surface area (TPSA) is 57.5 Å². The average Bonchev–Trinajstić information content (AvgIpc) is 3.08. The van der Waals surface area contributed by atoms with Gasteiger partial charge < -0.3 is 14.5 Å². The highest BCUT2D eigenvalue weighted by Crippen LogP contribution is 2.36.